The maximum atomic E-state index is 13.9. The predicted molar refractivity (Wildman–Crippen MR) is 108 cm³/mol. The lowest BCUT2D eigenvalue weighted by atomic mass is 10.2. The van der Waals surface area contributed by atoms with Crippen LogP contribution in [0.5, 0.6) is 0 Å². The van der Waals surface area contributed by atoms with E-state index in [0.717, 1.165) is 16.2 Å². The first kappa shape index (κ1) is 17.4. The summed E-state index contributed by atoms with van der Waals surface area (Å²) >= 11 is 0. The fourth-order valence-corrected chi connectivity index (χ4v) is 5.16. The van der Waals surface area contributed by atoms with Gasteiger partial charge in [-0.3, -0.25) is 9.65 Å². The normalized spacial score (nSPS) is 13.0. The summed E-state index contributed by atoms with van der Waals surface area (Å²) in [5.74, 6) is 0. The molecule has 0 aliphatic heterocycles. The fourth-order valence-electron chi connectivity index (χ4n) is 2.72. The Kier molecular flexibility index (Phi) is 5.65. The predicted octanol–water partition coefficient (Wildman–Crippen LogP) is 4.61. The summed E-state index contributed by atoms with van der Waals surface area (Å²) < 4.78 is 13.9. The number of hydrogen-bond acceptors (Lipinski definition) is 1. The number of nitrogens with one attached hydrogen (secondary N) is 1. The fraction of sp³-hybridized carbons (Fsp3) is 0.0909. The third-order valence-corrected chi connectivity index (χ3v) is 6.82. The van der Waals surface area contributed by atoms with Crippen molar-refractivity contribution in [2.24, 2.45) is 0 Å². The molecule has 1 unspecified atom stereocenters. The minimum Gasteiger partial charge on any atom is -0.297 e. The molecule has 0 saturated heterocycles. The molecule has 1 N–H and O–H groups in total. The molecule has 0 bridgehead atoms. The summed E-state index contributed by atoms with van der Waals surface area (Å²) in [5.41, 5.74) is 1.13. The molecule has 2 nitrogen and oxygen atoms in total. The summed E-state index contributed by atoms with van der Waals surface area (Å²) in [7, 11) is -2.90. The molecule has 126 valence electrons. The average molecular weight is 347 g/mol. The van der Waals surface area contributed by atoms with Gasteiger partial charge >= 0.3 is 0 Å². The molecule has 0 aliphatic rings. The number of hydrogen-bond donors (Lipinski definition) is 1. The molecule has 0 aromatic heterocycles. The highest BCUT2D eigenvalue weighted by molar-refractivity contribution is 7.76. The van der Waals surface area contributed by atoms with Crippen molar-refractivity contribution in [2.75, 3.05) is 0 Å². The van der Waals surface area contributed by atoms with Crippen LogP contribution in [0.4, 0.5) is 0 Å². The first-order valence-corrected chi connectivity index (χ1v) is 10.1. The minimum atomic E-state index is -2.90. The highest BCUT2D eigenvalue weighted by Gasteiger charge is 2.27. The van der Waals surface area contributed by atoms with E-state index in [4.69, 9.17) is 0 Å². The second-order valence-corrected chi connectivity index (χ2v) is 8.48. The van der Waals surface area contributed by atoms with Gasteiger partial charge in [-0.1, -0.05) is 78.9 Å². The molecule has 1 atom stereocenters. The minimum absolute atomic E-state index is 0.0357. The van der Waals surface area contributed by atoms with Crippen LogP contribution < -0.4 is 15.7 Å². The quantitative estimate of drug-likeness (QED) is 0.660. The zero-order chi connectivity index (χ0) is 17.5. The molecule has 3 rings (SSSR count). The topological polar surface area (TPSA) is 29.1 Å². The van der Waals surface area contributed by atoms with E-state index < -0.39 is 7.29 Å². The van der Waals surface area contributed by atoms with E-state index in [-0.39, 0.29) is 6.04 Å². The summed E-state index contributed by atoms with van der Waals surface area (Å²) in [5, 5.41) is 5.01. The molecular formula is C22H22NOP. The molecule has 3 heteroatoms. The van der Waals surface area contributed by atoms with Crippen LogP contribution in [0.1, 0.15) is 12.5 Å². The molecule has 3 aromatic carbocycles. The van der Waals surface area contributed by atoms with Crippen LogP contribution >= 0.6 is 7.29 Å². The van der Waals surface area contributed by atoms with E-state index in [1.807, 2.05) is 91.9 Å². The molecule has 0 fully saturated rings. The highest BCUT2D eigenvalue weighted by Crippen LogP contribution is 2.39. The molecule has 0 radical (unpaired) electrons. The van der Waals surface area contributed by atoms with Crippen LogP contribution in [-0.2, 0) is 4.57 Å². The zero-order valence-electron chi connectivity index (χ0n) is 14.2. The number of benzene rings is 3. The van der Waals surface area contributed by atoms with Crippen molar-refractivity contribution in [2.45, 2.75) is 13.0 Å². The Bertz CT molecular complexity index is 817. The van der Waals surface area contributed by atoms with Gasteiger partial charge in [0, 0.05) is 16.7 Å². The second-order valence-electron chi connectivity index (χ2n) is 5.97. The second kappa shape index (κ2) is 8.11. The largest absolute Gasteiger partial charge is 0.297 e. The van der Waals surface area contributed by atoms with Gasteiger partial charge in [-0.25, -0.2) is 0 Å². The van der Waals surface area contributed by atoms with Gasteiger partial charge in [-0.15, -0.1) is 0 Å². The standard InChI is InChI=1S/C22H22NOP/c1-19(17-18-20-11-5-2-6-12-20)23-25(24,21-13-7-3-8-14-21)22-15-9-4-10-16-22/h2-19H,1H3,(H,23,24)/b18-17+. The molecule has 0 amide bonds. The zero-order valence-corrected chi connectivity index (χ0v) is 15.1. The summed E-state index contributed by atoms with van der Waals surface area (Å²) in [4.78, 5) is 0. The van der Waals surface area contributed by atoms with Gasteiger partial charge in [0.15, 0.2) is 0 Å². The molecular weight excluding hydrogens is 325 g/mol. The molecule has 0 heterocycles. The van der Waals surface area contributed by atoms with E-state index >= 15 is 0 Å². The van der Waals surface area contributed by atoms with Gasteiger partial charge in [0.05, 0.1) is 0 Å². The van der Waals surface area contributed by atoms with Crippen LogP contribution in [0.2, 0.25) is 0 Å². The van der Waals surface area contributed by atoms with Crippen molar-refractivity contribution in [3.8, 4) is 0 Å². The maximum Gasteiger partial charge on any atom is 0.205 e. The highest BCUT2D eigenvalue weighted by atomic mass is 31.2. The van der Waals surface area contributed by atoms with Crippen LogP contribution in [0.3, 0.4) is 0 Å². The van der Waals surface area contributed by atoms with Gasteiger partial charge in [-0.2, -0.15) is 0 Å². The monoisotopic (exact) mass is 347 g/mol. The van der Waals surface area contributed by atoms with Gasteiger partial charge < -0.3 is 0 Å². The van der Waals surface area contributed by atoms with Crippen LogP contribution in [0, 0.1) is 0 Å². The van der Waals surface area contributed by atoms with Crippen molar-refractivity contribution in [1.29, 1.82) is 0 Å². The van der Waals surface area contributed by atoms with Crippen LogP contribution in [-0.4, -0.2) is 6.04 Å². The lowest BCUT2D eigenvalue weighted by Crippen LogP contribution is -2.32. The smallest absolute Gasteiger partial charge is 0.205 e. The van der Waals surface area contributed by atoms with Gasteiger partial charge in [0.2, 0.25) is 7.29 Å². The van der Waals surface area contributed by atoms with Crippen molar-refractivity contribution in [3.05, 3.63) is 103 Å². The van der Waals surface area contributed by atoms with Gasteiger partial charge in [0.1, 0.15) is 0 Å². The average Bonchev–Trinajstić information content (AvgIpc) is 2.68. The van der Waals surface area contributed by atoms with E-state index in [1.54, 1.807) is 0 Å². The van der Waals surface area contributed by atoms with Crippen molar-refractivity contribution in [1.82, 2.24) is 5.09 Å². The Morgan fingerprint density at radius 3 is 1.68 bits per heavy atom. The Morgan fingerprint density at radius 2 is 1.20 bits per heavy atom. The first-order valence-electron chi connectivity index (χ1n) is 8.41. The molecule has 3 aromatic rings. The van der Waals surface area contributed by atoms with Crippen LogP contribution in [0.25, 0.3) is 6.08 Å². The van der Waals surface area contributed by atoms with Gasteiger partial charge in [0.25, 0.3) is 0 Å². The Balaban J connectivity index is 1.88. The Hall–Kier alpha value is -2.41. The lowest BCUT2D eigenvalue weighted by Gasteiger charge is -2.23. The SMILES string of the molecule is CC(/C=C/c1ccccc1)NP(=O)(c1ccccc1)c1ccccc1. The third-order valence-electron chi connectivity index (χ3n) is 4.00. The van der Waals surface area contributed by atoms with E-state index in [9.17, 15) is 4.57 Å². The Labute approximate surface area is 149 Å². The summed E-state index contributed by atoms with van der Waals surface area (Å²) in [6, 6.07) is 29.4. The van der Waals surface area contributed by atoms with Crippen LogP contribution in [0.15, 0.2) is 97.1 Å². The van der Waals surface area contributed by atoms with Gasteiger partial charge in [-0.05, 0) is 36.8 Å². The number of rotatable bonds is 6. The maximum absolute atomic E-state index is 13.9. The Morgan fingerprint density at radius 1 is 0.760 bits per heavy atom. The summed E-state index contributed by atoms with van der Waals surface area (Å²) in [6.07, 6.45) is 4.10. The lowest BCUT2D eigenvalue weighted by molar-refractivity contribution is 0.574. The van der Waals surface area contributed by atoms with E-state index in [2.05, 4.69) is 23.3 Å². The summed E-state index contributed by atoms with van der Waals surface area (Å²) in [6.45, 7) is 2.03. The molecule has 0 saturated carbocycles. The third kappa shape index (κ3) is 4.36. The first-order chi connectivity index (χ1) is 12.2. The van der Waals surface area contributed by atoms with E-state index in [0.29, 0.717) is 0 Å². The molecule has 25 heavy (non-hydrogen) atoms. The van der Waals surface area contributed by atoms with Crippen molar-refractivity contribution < 1.29 is 4.57 Å². The van der Waals surface area contributed by atoms with Crippen molar-refractivity contribution >= 4 is 24.0 Å². The molecule has 0 spiro atoms. The van der Waals surface area contributed by atoms with E-state index in [1.165, 1.54) is 0 Å². The van der Waals surface area contributed by atoms with Crippen molar-refractivity contribution in [3.63, 3.8) is 0 Å². The molecule has 0 aliphatic carbocycles.